The van der Waals surface area contributed by atoms with Gasteiger partial charge < -0.3 is 24.4 Å². The number of nitrogens with one attached hydrogen (secondary N) is 1. The van der Waals surface area contributed by atoms with Crippen LogP contribution in [0.2, 0.25) is 0 Å². The largest absolute Gasteiger partial charge is 0.466 e. The van der Waals surface area contributed by atoms with Crippen molar-refractivity contribution >= 4 is 23.5 Å². The molecular weight excluding hydrogens is 364 g/mol. The van der Waals surface area contributed by atoms with Crippen LogP contribution in [0.25, 0.3) is 0 Å². The Labute approximate surface area is 164 Å². The molecular formula is C20H26N2O6. The molecule has 0 bridgehead atoms. The number of hydrogen-bond acceptors (Lipinski definition) is 7. The molecule has 0 aliphatic carbocycles. The molecule has 0 aromatic heterocycles. The first-order valence-corrected chi connectivity index (χ1v) is 8.94. The van der Waals surface area contributed by atoms with E-state index in [2.05, 4.69) is 5.32 Å². The summed E-state index contributed by atoms with van der Waals surface area (Å²) in [6.45, 7) is 6.44. The van der Waals surface area contributed by atoms with Gasteiger partial charge in [0, 0.05) is 17.8 Å². The maximum absolute atomic E-state index is 12.4. The van der Waals surface area contributed by atoms with Gasteiger partial charge in [0.15, 0.2) is 0 Å². The Morgan fingerprint density at radius 2 is 1.86 bits per heavy atom. The van der Waals surface area contributed by atoms with Crippen molar-refractivity contribution < 1.29 is 28.6 Å². The van der Waals surface area contributed by atoms with E-state index < -0.39 is 11.9 Å². The van der Waals surface area contributed by atoms with Gasteiger partial charge in [-0.15, -0.1) is 0 Å². The molecule has 1 heterocycles. The lowest BCUT2D eigenvalue weighted by Crippen LogP contribution is -2.39. The number of methoxy groups -OCH3 is 2. The van der Waals surface area contributed by atoms with Crippen LogP contribution in [0.15, 0.2) is 29.5 Å². The van der Waals surface area contributed by atoms with Gasteiger partial charge >= 0.3 is 11.9 Å². The third kappa shape index (κ3) is 4.69. The van der Waals surface area contributed by atoms with Crippen molar-refractivity contribution in [2.24, 2.45) is 5.92 Å². The second-order valence-electron chi connectivity index (χ2n) is 6.82. The lowest BCUT2D eigenvalue weighted by Gasteiger charge is -2.32. The molecule has 1 amide bonds. The molecule has 0 saturated carbocycles. The molecule has 1 aliphatic rings. The number of carbonyl (C=O) groups is 3. The van der Waals surface area contributed by atoms with E-state index in [-0.39, 0.29) is 30.5 Å². The lowest BCUT2D eigenvalue weighted by molar-refractivity contribution is -0.140. The molecule has 1 N–H and O–H groups in total. The second kappa shape index (κ2) is 9.36. The molecule has 152 valence electrons. The van der Waals surface area contributed by atoms with Crippen LogP contribution in [0.4, 0.5) is 5.69 Å². The average molecular weight is 390 g/mol. The average Bonchev–Trinajstić information content (AvgIpc) is 2.70. The number of ether oxygens (including phenoxy) is 3. The number of aryl methyl sites for hydroxylation is 1. The van der Waals surface area contributed by atoms with Crippen LogP contribution in [0.1, 0.15) is 29.8 Å². The third-order valence-electron chi connectivity index (χ3n) is 4.25. The van der Waals surface area contributed by atoms with Gasteiger partial charge in [-0.3, -0.25) is 4.79 Å². The zero-order chi connectivity index (χ0) is 20.8. The van der Waals surface area contributed by atoms with Crippen LogP contribution in [0.3, 0.4) is 0 Å². The molecule has 2 rings (SSSR count). The molecule has 0 saturated heterocycles. The summed E-state index contributed by atoms with van der Waals surface area (Å²) in [5.41, 5.74) is 2.03. The first-order valence-electron chi connectivity index (χ1n) is 8.94. The van der Waals surface area contributed by atoms with Crippen LogP contribution in [-0.4, -0.2) is 51.9 Å². The summed E-state index contributed by atoms with van der Waals surface area (Å²) in [5.74, 6) is -1.15. The normalized spacial score (nSPS) is 14.1. The fourth-order valence-electron chi connectivity index (χ4n) is 2.83. The van der Waals surface area contributed by atoms with Crippen molar-refractivity contribution in [3.8, 4) is 0 Å². The van der Waals surface area contributed by atoms with Crippen LogP contribution in [0, 0.1) is 12.8 Å². The second-order valence-corrected chi connectivity index (χ2v) is 6.82. The maximum atomic E-state index is 12.4. The number of rotatable bonds is 6. The highest BCUT2D eigenvalue weighted by Gasteiger charge is 2.33. The standard InChI is InChI=1S/C20H26N2O6/c1-12(2)9-21-18(23)14-6-7-16(13(3)8-14)22-11-28-10-15(19(24)26-4)17(22)20(25)27-5/h6-8,12H,9-11H2,1-5H3,(H,21,23). The Hall–Kier alpha value is -2.87. The predicted octanol–water partition coefficient (Wildman–Crippen LogP) is 1.78. The Balaban J connectivity index is 2.40. The van der Waals surface area contributed by atoms with Crippen LogP contribution in [-0.2, 0) is 23.8 Å². The number of benzene rings is 1. The van der Waals surface area contributed by atoms with Gasteiger partial charge in [-0.25, -0.2) is 9.59 Å². The smallest absolute Gasteiger partial charge is 0.355 e. The molecule has 0 unspecified atom stereocenters. The van der Waals surface area contributed by atoms with Gasteiger partial charge in [0.25, 0.3) is 5.91 Å². The van der Waals surface area contributed by atoms with E-state index >= 15 is 0 Å². The Morgan fingerprint density at radius 1 is 1.18 bits per heavy atom. The predicted molar refractivity (Wildman–Crippen MR) is 103 cm³/mol. The maximum Gasteiger partial charge on any atom is 0.355 e. The quantitative estimate of drug-likeness (QED) is 0.740. The fourth-order valence-corrected chi connectivity index (χ4v) is 2.83. The highest BCUT2D eigenvalue weighted by molar-refractivity contribution is 6.03. The minimum absolute atomic E-state index is 0.0532. The zero-order valence-corrected chi connectivity index (χ0v) is 16.8. The third-order valence-corrected chi connectivity index (χ3v) is 4.25. The van der Waals surface area contributed by atoms with Gasteiger partial charge in [-0.2, -0.15) is 0 Å². The zero-order valence-electron chi connectivity index (χ0n) is 16.8. The number of amides is 1. The fraction of sp³-hybridized carbons (Fsp3) is 0.450. The minimum Gasteiger partial charge on any atom is -0.466 e. The summed E-state index contributed by atoms with van der Waals surface area (Å²) in [7, 11) is 2.48. The summed E-state index contributed by atoms with van der Waals surface area (Å²) in [6.07, 6.45) is 0. The Kier molecular flexibility index (Phi) is 7.17. The molecule has 1 aromatic rings. The summed E-state index contributed by atoms with van der Waals surface area (Å²) >= 11 is 0. The first-order chi connectivity index (χ1) is 13.3. The van der Waals surface area contributed by atoms with Gasteiger partial charge in [0.05, 0.1) is 26.4 Å². The molecule has 0 spiro atoms. The van der Waals surface area contributed by atoms with E-state index in [4.69, 9.17) is 14.2 Å². The minimum atomic E-state index is -0.665. The molecule has 0 atom stereocenters. The molecule has 28 heavy (non-hydrogen) atoms. The molecule has 1 aromatic carbocycles. The van der Waals surface area contributed by atoms with Crippen molar-refractivity contribution in [3.63, 3.8) is 0 Å². The van der Waals surface area contributed by atoms with Crippen molar-refractivity contribution in [3.05, 3.63) is 40.6 Å². The summed E-state index contributed by atoms with van der Waals surface area (Å²) in [4.78, 5) is 38.3. The van der Waals surface area contributed by atoms with Gasteiger partial charge in [0.1, 0.15) is 12.4 Å². The van der Waals surface area contributed by atoms with Crippen molar-refractivity contribution in [1.82, 2.24) is 5.32 Å². The highest BCUT2D eigenvalue weighted by Crippen LogP contribution is 2.29. The SMILES string of the molecule is COC(=O)C1=C(C(=O)OC)N(c2ccc(C(=O)NCC(C)C)cc2C)COC1. The number of carbonyl (C=O) groups excluding carboxylic acids is 3. The molecule has 0 radical (unpaired) electrons. The van der Waals surface area contributed by atoms with Crippen molar-refractivity contribution in [1.29, 1.82) is 0 Å². The van der Waals surface area contributed by atoms with E-state index in [1.165, 1.54) is 14.2 Å². The first kappa shape index (κ1) is 21.4. The lowest BCUT2D eigenvalue weighted by atomic mass is 10.1. The summed E-state index contributed by atoms with van der Waals surface area (Å²) < 4.78 is 15.1. The van der Waals surface area contributed by atoms with Crippen LogP contribution < -0.4 is 10.2 Å². The number of esters is 2. The van der Waals surface area contributed by atoms with E-state index in [9.17, 15) is 14.4 Å². The van der Waals surface area contributed by atoms with E-state index in [0.717, 1.165) is 5.56 Å². The number of nitrogens with zero attached hydrogens (tertiary/aromatic N) is 1. The number of anilines is 1. The summed E-state index contributed by atoms with van der Waals surface area (Å²) in [6, 6.07) is 5.11. The Bertz CT molecular complexity index is 800. The van der Waals surface area contributed by atoms with Gasteiger partial charge in [-0.1, -0.05) is 13.8 Å². The van der Waals surface area contributed by atoms with Gasteiger partial charge in [-0.05, 0) is 36.6 Å². The molecule has 0 fully saturated rings. The topological polar surface area (TPSA) is 94.2 Å². The van der Waals surface area contributed by atoms with Crippen LogP contribution >= 0.6 is 0 Å². The van der Waals surface area contributed by atoms with Crippen molar-refractivity contribution in [2.45, 2.75) is 20.8 Å². The van der Waals surface area contributed by atoms with Crippen molar-refractivity contribution in [2.75, 3.05) is 39.0 Å². The van der Waals surface area contributed by atoms with E-state index in [1.807, 2.05) is 20.8 Å². The molecule has 1 aliphatic heterocycles. The Morgan fingerprint density at radius 3 is 2.43 bits per heavy atom. The summed E-state index contributed by atoms with van der Waals surface area (Å²) in [5, 5.41) is 2.87. The van der Waals surface area contributed by atoms with Gasteiger partial charge in [0.2, 0.25) is 0 Å². The monoisotopic (exact) mass is 390 g/mol. The van der Waals surface area contributed by atoms with E-state index in [0.29, 0.717) is 23.7 Å². The highest BCUT2D eigenvalue weighted by atomic mass is 16.5. The number of hydrogen-bond donors (Lipinski definition) is 1. The molecule has 8 heteroatoms. The molecule has 8 nitrogen and oxygen atoms in total. The van der Waals surface area contributed by atoms with Crippen LogP contribution in [0.5, 0.6) is 0 Å². The van der Waals surface area contributed by atoms with E-state index in [1.54, 1.807) is 23.1 Å².